The molecule has 76 heavy (non-hydrogen) atoms. The molecule has 3 heterocycles. The van der Waals surface area contributed by atoms with E-state index >= 15 is 0 Å². The largest absolute Gasteiger partial charge is 0.484 e. The predicted molar refractivity (Wildman–Crippen MR) is 281 cm³/mol. The number of carbonyl (C=O) groups is 6. The maximum absolute atomic E-state index is 12.5. The van der Waals surface area contributed by atoms with Gasteiger partial charge in [0.1, 0.15) is 11.8 Å². The summed E-state index contributed by atoms with van der Waals surface area (Å²) in [6.07, 6.45) is -1.90. The van der Waals surface area contributed by atoms with Crippen molar-refractivity contribution in [2.75, 3.05) is 53.5 Å². The molecule has 0 bridgehead atoms. The Kier molecular flexibility index (Phi) is 22.5. The van der Waals surface area contributed by atoms with E-state index in [4.69, 9.17) is 33.5 Å². The van der Waals surface area contributed by atoms with E-state index in [2.05, 4.69) is 33.0 Å². The Morgan fingerprint density at radius 2 is 1.21 bits per heavy atom. The highest BCUT2D eigenvalue weighted by Gasteiger charge is 2.50. The van der Waals surface area contributed by atoms with E-state index in [0.717, 1.165) is 32.6 Å². The van der Waals surface area contributed by atoms with Gasteiger partial charge in [-0.25, -0.2) is 14.4 Å². The molecule has 4 aromatic carbocycles. The molecular weight excluding hydrogens is 983 g/mol. The summed E-state index contributed by atoms with van der Waals surface area (Å²) < 4.78 is 21.9. The lowest BCUT2D eigenvalue weighted by Gasteiger charge is -2.29. The van der Waals surface area contributed by atoms with Gasteiger partial charge in [-0.05, 0) is 59.4 Å². The lowest BCUT2D eigenvalue weighted by molar-refractivity contribution is -0.226. The minimum absolute atomic E-state index is 0.0140. The van der Waals surface area contributed by atoms with Gasteiger partial charge in [0.2, 0.25) is 5.91 Å². The maximum Gasteiger partial charge on any atom is 0.351 e. The van der Waals surface area contributed by atoms with Crippen molar-refractivity contribution in [2.45, 2.75) is 110 Å². The van der Waals surface area contributed by atoms with Gasteiger partial charge in [0.05, 0.1) is 13.0 Å². The zero-order valence-electron chi connectivity index (χ0n) is 45.5. The molecule has 7 rings (SSSR count). The summed E-state index contributed by atoms with van der Waals surface area (Å²) in [4.78, 5) is 90.0. The number of nitrogens with one attached hydrogen (secondary N) is 3. The first-order valence-electron chi connectivity index (χ1n) is 25.2. The number of carboxylic acid groups (broad SMARTS) is 1. The Balaban J connectivity index is 0.000000214. The Labute approximate surface area is 444 Å². The van der Waals surface area contributed by atoms with Crippen LogP contribution in [0.4, 0.5) is 5.69 Å². The van der Waals surface area contributed by atoms with Crippen molar-refractivity contribution in [1.82, 2.24) is 31.1 Å². The molecule has 0 aromatic heterocycles. The number of amides is 2. The molecule has 4 N–H and O–H groups in total. The van der Waals surface area contributed by atoms with Crippen molar-refractivity contribution in [3.8, 4) is 5.75 Å². The van der Waals surface area contributed by atoms with Crippen LogP contribution in [0.25, 0.3) is 10.8 Å². The number of carbonyl (C=O) groups excluding carboxylic acids is 5. The third-order valence-electron chi connectivity index (χ3n) is 12.6. The van der Waals surface area contributed by atoms with Gasteiger partial charge in [-0.3, -0.25) is 19.7 Å². The molecule has 3 fully saturated rings. The molecule has 3 aliphatic heterocycles. The zero-order valence-corrected chi connectivity index (χ0v) is 45.5. The highest BCUT2D eigenvalue weighted by Crippen LogP contribution is 2.30. The molecule has 4 aromatic rings. The summed E-state index contributed by atoms with van der Waals surface area (Å²) in [6.45, 7) is 14.2. The number of fused-ring (bicyclic) bond motifs is 1. The number of rotatable bonds is 21. The van der Waals surface area contributed by atoms with E-state index < -0.39 is 72.6 Å². The van der Waals surface area contributed by atoms with Crippen molar-refractivity contribution in [3.63, 3.8) is 0 Å². The van der Waals surface area contributed by atoms with Gasteiger partial charge < -0.3 is 54.1 Å². The third kappa shape index (κ3) is 15.9. The van der Waals surface area contributed by atoms with E-state index in [1.807, 2.05) is 122 Å². The summed E-state index contributed by atoms with van der Waals surface area (Å²) in [5, 5.41) is 24.3. The van der Waals surface area contributed by atoms with Crippen LogP contribution in [-0.2, 0) is 70.5 Å². The molecule has 3 aliphatic rings. The van der Waals surface area contributed by atoms with E-state index in [-0.39, 0.29) is 36.8 Å². The number of anilines is 1. The zero-order chi connectivity index (χ0) is 55.8. The van der Waals surface area contributed by atoms with Gasteiger partial charge in [0.25, 0.3) is 5.91 Å². The van der Waals surface area contributed by atoms with E-state index in [1.165, 1.54) is 24.3 Å². The van der Waals surface area contributed by atoms with Gasteiger partial charge in [0.15, 0.2) is 43.4 Å². The molecule has 0 saturated carbocycles. The van der Waals surface area contributed by atoms with Gasteiger partial charge in [0, 0.05) is 59.0 Å². The minimum Gasteiger partial charge on any atom is -0.484 e. The fraction of sp³-hybridized carbons (Fsp3) is 0.491. The van der Waals surface area contributed by atoms with Crippen LogP contribution >= 0.6 is 0 Å². The normalized spacial score (nSPS) is 21.5. The summed E-state index contributed by atoms with van der Waals surface area (Å²) in [7, 11) is 8.53. The van der Waals surface area contributed by atoms with Crippen LogP contribution in [0.2, 0.25) is 0 Å². The number of likely N-dealkylation sites (N-methyl/N-ethyl adjacent to an activating group) is 1. The van der Waals surface area contributed by atoms with E-state index in [9.17, 15) is 33.9 Å². The number of ether oxygens (including phenoxy) is 4. The van der Waals surface area contributed by atoms with Crippen LogP contribution in [0.3, 0.4) is 0 Å². The second-order valence-corrected chi connectivity index (χ2v) is 19.8. The number of methoxy groups -OCH3 is 2. The quantitative estimate of drug-likeness (QED) is 0.0887. The van der Waals surface area contributed by atoms with Gasteiger partial charge in [-0.2, -0.15) is 0 Å². The van der Waals surface area contributed by atoms with Crippen molar-refractivity contribution >= 4 is 52.2 Å². The van der Waals surface area contributed by atoms with Crippen molar-refractivity contribution in [1.29, 1.82) is 0 Å². The number of nitrogens with zero attached hydrogens (tertiary/aromatic N) is 4. The molecule has 0 radical (unpaired) electrons. The van der Waals surface area contributed by atoms with Crippen LogP contribution in [-0.4, -0.2) is 153 Å². The highest BCUT2D eigenvalue weighted by atomic mass is 16.8. The number of carboxylic acids is 1. The Hall–Kier alpha value is -6.72. The van der Waals surface area contributed by atoms with Crippen LogP contribution in [0, 0.1) is 17.8 Å². The molecule has 21 nitrogen and oxygen atoms in total. The number of hydrogen-bond acceptors (Lipinski definition) is 18. The number of aliphatic carboxylic acids is 1. The smallest absolute Gasteiger partial charge is 0.351 e. The standard InChI is InChI=1S/C22H29N3O5.C17H24N2O4.C16H22N2O5/c1-13(2)19(21(26)27)25-20(29-5)18(22(28)30-25)23-12-14-8-6-10-16-15(14)9-7-11-17(16)24(3)4;1-11(2)12(3)19-16(22-4)15(17(21)23-19)18-14(20)10-13-8-6-5-7-9-13;1-11(2)9-22-15-14(16(20)23-18(15)3)17-13(19)10-21-12-7-5-4-6-8-12/h6-11,13,18-20,23H,12H2,1-5H3,(H,26,27);5-9,11-12,15-16H,10H2,1-4H3,(H,18,20);4-8,11,14-15H,9-10H2,1-3H3,(H,17,19). The Morgan fingerprint density at radius 1 is 0.658 bits per heavy atom. The summed E-state index contributed by atoms with van der Waals surface area (Å²) >= 11 is 0. The molecular formula is C55H75N7O14. The minimum atomic E-state index is -1.06. The molecule has 0 spiro atoms. The first-order valence-corrected chi connectivity index (χ1v) is 25.2. The van der Waals surface area contributed by atoms with E-state index in [1.54, 1.807) is 33.0 Å². The van der Waals surface area contributed by atoms with Crippen LogP contribution in [0.15, 0.2) is 97.1 Å². The average Bonchev–Trinajstić information content (AvgIpc) is 3.97. The van der Waals surface area contributed by atoms with Crippen molar-refractivity contribution in [2.24, 2.45) is 17.8 Å². The average molecular weight is 1060 g/mol. The number of benzene rings is 4. The first kappa shape index (κ1) is 60.1. The van der Waals surface area contributed by atoms with Crippen molar-refractivity contribution < 1.29 is 67.3 Å². The third-order valence-corrected chi connectivity index (χ3v) is 12.6. The topological polar surface area (TPSA) is 236 Å². The van der Waals surface area contributed by atoms with E-state index in [0.29, 0.717) is 24.8 Å². The second-order valence-electron chi connectivity index (χ2n) is 19.8. The number of hydroxylamine groups is 6. The fourth-order valence-corrected chi connectivity index (χ4v) is 8.47. The second kappa shape index (κ2) is 28.4. The van der Waals surface area contributed by atoms with Crippen LogP contribution in [0.1, 0.15) is 59.6 Å². The monoisotopic (exact) mass is 1060 g/mol. The van der Waals surface area contributed by atoms with Gasteiger partial charge in [-0.1, -0.05) is 125 Å². The Morgan fingerprint density at radius 3 is 1.80 bits per heavy atom. The molecule has 3 saturated heterocycles. The number of hydrogen-bond donors (Lipinski definition) is 4. The summed E-state index contributed by atoms with van der Waals surface area (Å²) in [6, 6.07) is 27.0. The number of para-hydroxylation sites is 1. The molecule has 21 heteroatoms. The van der Waals surface area contributed by atoms with Gasteiger partial charge >= 0.3 is 23.9 Å². The molecule has 8 unspecified atom stereocenters. The van der Waals surface area contributed by atoms with Gasteiger partial charge in [-0.15, -0.1) is 10.1 Å². The summed E-state index contributed by atoms with van der Waals surface area (Å²) in [5.41, 5.74) is 3.02. The highest BCUT2D eigenvalue weighted by molar-refractivity contribution is 5.96. The fourth-order valence-electron chi connectivity index (χ4n) is 8.47. The Bertz CT molecular complexity index is 2550. The molecule has 8 atom stereocenters. The first-order chi connectivity index (χ1) is 36.2. The molecule has 414 valence electrons. The SMILES string of the molecule is CC(C)COC1C(NC(=O)COc2ccccc2)C(=O)ON1C.COC1C(NC(=O)Cc2ccccc2)C(=O)ON1C(C)C(C)C.COC1C(NCc2cccc3c(N(C)C)cccc23)C(=O)ON1C(C(=O)O)C(C)C. The predicted octanol–water partition coefficient (Wildman–Crippen LogP) is 4.68. The molecule has 2 amide bonds. The lowest BCUT2D eigenvalue weighted by atomic mass is 10.0. The van der Waals surface area contributed by atoms with Crippen LogP contribution < -0.4 is 25.6 Å². The van der Waals surface area contributed by atoms with Crippen LogP contribution in [0.5, 0.6) is 5.75 Å². The maximum atomic E-state index is 12.5. The molecule has 0 aliphatic carbocycles. The summed E-state index contributed by atoms with van der Waals surface area (Å²) in [5.74, 6) is -2.41. The van der Waals surface area contributed by atoms with Crippen molar-refractivity contribution in [3.05, 3.63) is 108 Å². The lowest BCUT2D eigenvalue weighted by Crippen LogP contribution is -2.52.